The number of aliphatic hydroxyl groups excluding tert-OH is 3. The van der Waals surface area contributed by atoms with Gasteiger partial charge < -0.3 is 24.6 Å². The van der Waals surface area contributed by atoms with E-state index in [2.05, 4.69) is 0 Å². The van der Waals surface area contributed by atoms with E-state index in [9.17, 15) is 25.4 Å². The number of nitro benzene ring substituents is 1. The molecule has 0 spiro atoms. The molecule has 4 atom stereocenters. The number of rotatable bonds is 2. The molecule has 0 amide bonds. The van der Waals surface area contributed by atoms with Crippen molar-refractivity contribution < 1.29 is 25.0 Å². The molecule has 3 N–H and O–H groups in total. The van der Waals surface area contributed by atoms with E-state index in [1.165, 1.54) is 12.1 Å². The van der Waals surface area contributed by atoms with Crippen LogP contribution in [0.15, 0.2) is 30.5 Å². The Morgan fingerprint density at radius 1 is 1.24 bits per heavy atom. The molecule has 21 heavy (non-hydrogen) atoms. The second kappa shape index (κ2) is 5.08. The van der Waals surface area contributed by atoms with Crippen molar-refractivity contribution in [2.75, 3.05) is 6.61 Å². The SMILES string of the molecule is O=[N+]([O-])c1ccc2c(ccn2[C@@H]2OC[C@H](O)[C@H](O)[C@H]2O)c1. The fourth-order valence-electron chi connectivity index (χ4n) is 2.52. The highest BCUT2D eigenvalue weighted by Gasteiger charge is 2.38. The molecule has 1 aliphatic heterocycles. The molecule has 1 aromatic heterocycles. The van der Waals surface area contributed by atoms with Gasteiger partial charge in [-0.25, -0.2) is 0 Å². The summed E-state index contributed by atoms with van der Waals surface area (Å²) in [5, 5.41) is 40.6. The minimum absolute atomic E-state index is 0.0270. The Hall–Kier alpha value is -2.00. The molecule has 3 rings (SSSR count). The zero-order valence-electron chi connectivity index (χ0n) is 10.9. The van der Waals surface area contributed by atoms with Gasteiger partial charge in [-0.1, -0.05) is 0 Å². The second-order valence-corrected chi connectivity index (χ2v) is 5.00. The van der Waals surface area contributed by atoms with Crippen molar-refractivity contribution in [1.29, 1.82) is 0 Å². The summed E-state index contributed by atoms with van der Waals surface area (Å²) in [6.07, 6.45) is -2.98. The van der Waals surface area contributed by atoms with Gasteiger partial charge >= 0.3 is 0 Å². The molecule has 1 fully saturated rings. The maximum atomic E-state index is 10.8. The lowest BCUT2D eigenvalue weighted by Crippen LogP contribution is -2.50. The van der Waals surface area contributed by atoms with E-state index in [4.69, 9.17) is 4.74 Å². The third-order valence-electron chi connectivity index (χ3n) is 3.66. The number of fused-ring (bicyclic) bond motifs is 1. The summed E-state index contributed by atoms with van der Waals surface area (Å²) in [6, 6.07) is 6.00. The lowest BCUT2D eigenvalue weighted by Gasteiger charge is -2.36. The van der Waals surface area contributed by atoms with Crippen molar-refractivity contribution in [3.8, 4) is 0 Å². The Morgan fingerprint density at radius 2 is 2.00 bits per heavy atom. The lowest BCUT2D eigenvalue weighted by atomic mass is 10.0. The van der Waals surface area contributed by atoms with Crippen LogP contribution in [0.1, 0.15) is 6.23 Å². The van der Waals surface area contributed by atoms with Crippen LogP contribution >= 0.6 is 0 Å². The van der Waals surface area contributed by atoms with E-state index >= 15 is 0 Å². The van der Waals surface area contributed by atoms with Crippen LogP contribution in [0.25, 0.3) is 10.9 Å². The average Bonchev–Trinajstić information content (AvgIpc) is 2.88. The van der Waals surface area contributed by atoms with Crippen LogP contribution < -0.4 is 0 Å². The summed E-state index contributed by atoms with van der Waals surface area (Å²) in [5.41, 5.74) is 0.606. The largest absolute Gasteiger partial charge is 0.388 e. The minimum atomic E-state index is -1.31. The first-order chi connectivity index (χ1) is 9.99. The molecular formula is C13H14N2O6. The van der Waals surface area contributed by atoms with E-state index in [0.717, 1.165) is 0 Å². The van der Waals surface area contributed by atoms with Crippen molar-refractivity contribution in [3.63, 3.8) is 0 Å². The number of ether oxygens (including phenoxy) is 1. The normalized spacial score (nSPS) is 29.7. The molecule has 8 heteroatoms. The predicted octanol–water partition coefficient (Wildman–Crippen LogP) is 0.161. The fraction of sp³-hybridized carbons (Fsp3) is 0.385. The fourth-order valence-corrected chi connectivity index (χ4v) is 2.52. The van der Waals surface area contributed by atoms with Crippen LogP contribution in [0.3, 0.4) is 0 Å². The van der Waals surface area contributed by atoms with E-state index in [1.807, 2.05) is 0 Å². The Kier molecular flexibility index (Phi) is 3.38. The smallest absolute Gasteiger partial charge is 0.270 e. The standard InChI is InChI=1S/C13H14N2O6/c16-10-6-21-13(12(18)11(10)17)14-4-3-7-5-8(15(19)20)1-2-9(7)14/h1-5,10-13,16-18H,6H2/t10-,11-,12+,13+/m0/s1. The Morgan fingerprint density at radius 3 is 2.71 bits per heavy atom. The predicted molar refractivity (Wildman–Crippen MR) is 71.6 cm³/mol. The number of nitrogens with zero attached hydrogens (tertiary/aromatic N) is 2. The summed E-state index contributed by atoms with van der Waals surface area (Å²) in [5.74, 6) is 0. The molecule has 0 bridgehead atoms. The van der Waals surface area contributed by atoms with Gasteiger partial charge in [-0.15, -0.1) is 0 Å². The van der Waals surface area contributed by atoms with Gasteiger partial charge in [0.25, 0.3) is 5.69 Å². The number of nitro groups is 1. The monoisotopic (exact) mass is 294 g/mol. The van der Waals surface area contributed by atoms with Crippen molar-refractivity contribution in [2.24, 2.45) is 0 Å². The first-order valence-electron chi connectivity index (χ1n) is 6.40. The van der Waals surface area contributed by atoms with Gasteiger partial charge in [0.1, 0.15) is 18.3 Å². The highest BCUT2D eigenvalue weighted by Crippen LogP contribution is 2.30. The van der Waals surface area contributed by atoms with Gasteiger partial charge in [-0.05, 0) is 12.1 Å². The third kappa shape index (κ3) is 2.28. The van der Waals surface area contributed by atoms with Crippen LogP contribution in [-0.2, 0) is 4.74 Å². The first-order valence-corrected chi connectivity index (χ1v) is 6.40. The number of hydrogen-bond acceptors (Lipinski definition) is 6. The highest BCUT2D eigenvalue weighted by atomic mass is 16.6. The van der Waals surface area contributed by atoms with Crippen molar-refractivity contribution in [1.82, 2.24) is 4.57 Å². The van der Waals surface area contributed by atoms with Crippen LogP contribution in [0, 0.1) is 10.1 Å². The number of hydrogen-bond donors (Lipinski definition) is 3. The van der Waals surface area contributed by atoms with Gasteiger partial charge in [0, 0.05) is 23.7 Å². The van der Waals surface area contributed by atoms with Gasteiger partial charge in [-0.3, -0.25) is 10.1 Å². The molecule has 1 aromatic carbocycles. The molecule has 2 aromatic rings. The van der Waals surface area contributed by atoms with E-state index < -0.39 is 29.5 Å². The Labute approximate surface area is 119 Å². The second-order valence-electron chi connectivity index (χ2n) is 5.00. The topological polar surface area (TPSA) is 118 Å². The van der Waals surface area contributed by atoms with E-state index in [0.29, 0.717) is 10.9 Å². The van der Waals surface area contributed by atoms with Gasteiger partial charge in [0.2, 0.25) is 0 Å². The molecule has 112 valence electrons. The third-order valence-corrected chi connectivity index (χ3v) is 3.66. The summed E-state index contributed by atoms with van der Waals surface area (Å²) in [7, 11) is 0. The van der Waals surface area contributed by atoms with Crippen LogP contribution in [0.5, 0.6) is 0 Å². The zero-order valence-corrected chi connectivity index (χ0v) is 10.9. The van der Waals surface area contributed by atoms with E-state index in [1.54, 1.807) is 22.9 Å². The summed E-state index contributed by atoms with van der Waals surface area (Å²) in [6.45, 7) is -0.102. The van der Waals surface area contributed by atoms with Crippen molar-refractivity contribution >= 4 is 16.6 Å². The molecule has 8 nitrogen and oxygen atoms in total. The molecule has 0 aliphatic carbocycles. The maximum Gasteiger partial charge on any atom is 0.270 e. The molecule has 0 unspecified atom stereocenters. The molecule has 0 radical (unpaired) electrons. The number of aromatic nitrogens is 1. The highest BCUT2D eigenvalue weighted by molar-refractivity contribution is 5.82. The summed E-state index contributed by atoms with van der Waals surface area (Å²) in [4.78, 5) is 10.3. The van der Waals surface area contributed by atoms with Gasteiger partial charge in [-0.2, -0.15) is 0 Å². The quantitative estimate of drug-likeness (QED) is 0.536. The van der Waals surface area contributed by atoms with Crippen LogP contribution in [-0.4, -0.2) is 49.7 Å². The molecular weight excluding hydrogens is 280 g/mol. The number of aliphatic hydroxyl groups is 3. The Bertz CT molecular complexity index is 684. The lowest BCUT2D eigenvalue weighted by molar-refractivity contribution is -0.384. The van der Waals surface area contributed by atoms with Gasteiger partial charge in [0.05, 0.1) is 17.0 Å². The zero-order chi connectivity index (χ0) is 15.1. The number of benzene rings is 1. The number of non-ortho nitro benzene ring substituents is 1. The summed E-state index contributed by atoms with van der Waals surface area (Å²) >= 11 is 0. The summed E-state index contributed by atoms with van der Waals surface area (Å²) < 4.78 is 6.95. The van der Waals surface area contributed by atoms with Crippen LogP contribution in [0.4, 0.5) is 5.69 Å². The Balaban J connectivity index is 1.99. The molecule has 2 heterocycles. The van der Waals surface area contributed by atoms with Gasteiger partial charge in [0.15, 0.2) is 6.23 Å². The van der Waals surface area contributed by atoms with Crippen molar-refractivity contribution in [3.05, 3.63) is 40.6 Å². The average molecular weight is 294 g/mol. The molecule has 1 aliphatic rings. The maximum absolute atomic E-state index is 10.8. The molecule has 1 saturated heterocycles. The molecule has 0 saturated carbocycles. The van der Waals surface area contributed by atoms with Crippen molar-refractivity contribution in [2.45, 2.75) is 24.5 Å². The van der Waals surface area contributed by atoms with E-state index in [-0.39, 0.29) is 12.3 Å². The minimum Gasteiger partial charge on any atom is -0.388 e. The first kappa shape index (κ1) is 14.0. The van der Waals surface area contributed by atoms with Crippen LogP contribution in [0.2, 0.25) is 0 Å².